The first-order chi connectivity index (χ1) is 19.2. The topological polar surface area (TPSA) is 86.3 Å². The molecule has 3 heterocycles. The third-order valence-electron chi connectivity index (χ3n) is 7.24. The largest absolute Gasteiger partial charge is 0.340 e. The second-order valence-corrected chi connectivity index (χ2v) is 11.5. The van der Waals surface area contributed by atoms with Crippen molar-refractivity contribution < 1.29 is 9.18 Å². The Morgan fingerprint density at radius 3 is 2.42 bits per heavy atom. The van der Waals surface area contributed by atoms with Crippen molar-refractivity contribution in [3.63, 3.8) is 0 Å². The van der Waals surface area contributed by atoms with Gasteiger partial charge >= 0.3 is 0 Å². The van der Waals surface area contributed by atoms with E-state index in [-0.39, 0.29) is 11.7 Å². The second-order valence-electron chi connectivity index (χ2n) is 10.2. The molecule has 40 heavy (non-hydrogen) atoms. The van der Waals surface area contributed by atoms with Gasteiger partial charge in [0.25, 0.3) is 5.91 Å². The second kappa shape index (κ2) is 12.1. The molecule has 208 valence electrons. The third kappa shape index (κ3) is 6.63. The number of likely N-dealkylation sites (tertiary alicyclic amines) is 1. The molecule has 1 aliphatic rings. The zero-order valence-corrected chi connectivity index (χ0v) is 24.1. The molecule has 1 saturated heterocycles. The molecule has 1 aliphatic heterocycles. The maximum Gasteiger partial charge on any atom is 0.253 e. The number of aromatic nitrogens is 3. The predicted molar refractivity (Wildman–Crippen MR) is 158 cm³/mol. The predicted octanol–water partition coefficient (Wildman–Crippen LogP) is 6.22. The van der Waals surface area contributed by atoms with Crippen molar-refractivity contribution >= 4 is 40.4 Å². The highest BCUT2D eigenvalue weighted by atomic mass is 32.1. The van der Waals surface area contributed by atoms with Gasteiger partial charge in [-0.3, -0.25) is 9.69 Å². The average molecular weight is 560 g/mol. The van der Waals surface area contributed by atoms with Crippen LogP contribution in [0.5, 0.6) is 0 Å². The van der Waals surface area contributed by atoms with Crippen LogP contribution in [0.3, 0.4) is 0 Å². The van der Waals surface area contributed by atoms with Gasteiger partial charge in [0.2, 0.25) is 5.95 Å². The van der Waals surface area contributed by atoms with Gasteiger partial charge in [-0.25, -0.2) is 14.4 Å². The number of carbonyl (C=O) groups is 1. The van der Waals surface area contributed by atoms with Gasteiger partial charge in [0, 0.05) is 53.7 Å². The molecular weight excluding hydrogens is 525 g/mol. The summed E-state index contributed by atoms with van der Waals surface area (Å²) in [6.45, 7) is 8.24. The van der Waals surface area contributed by atoms with Crippen LogP contribution in [0.25, 0.3) is 0 Å². The lowest BCUT2D eigenvalue weighted by Crippen LogP contribution is -2.45. The minimum absolute atomic E-state index is 0.0543. The van der Waals surface area contributed by atoms with Gasteiger partial charge in [-0.15, -0.1) is 11.3 Å². The number of nitrogens with one attached hydrogen (secondary N) is 2. The van der Waals surface area contributed by atoms with Gasteiger partial charge in [0.1, 0.15) is 11.6 Å². The fourth-order valence-corrected chi connectivity index (χ4v) is 5.95. The molecule has 1 fully saturated rings. The summed E-state index contributed by atoms with van der Waals surface area (Å²) in [5.41, 5.74) is 3.86. The molecule has 0 bridgehead atoms. The molecular formula is C30H34FN7OS. The van der Waals surface area contributed by atoms with E-state index < -0.39 is 0 Å². The Balaban J connectivity index is 1.14. The zero-order valence-electron chi connectivity index (χ0n) is 23.2. The summed E-state index contributed by atoms with van der Waals surface area (Å²) in [6, 6.07) is 14.4. The number of hydrogen-bond donors (Lipinski definition) is 2. The lowest BCUT2D eigenvalue weighted by Gasteiger charge is -2.36. The molecule has 0 spiro atoms. The average Bonchev–Trinajstić information content (AvgIpc) is 3.27. The van der Waals surface area contributed by atoms with E-state index in [1.807, 2.05) is 29.2 Å². The number of halogens is 1. The first kappa shape index (κ1) is 27.7. The van der Waals surface area contributed by atoms with E-state index in [2.05, 4.69) is 51.4 Å². The van der Waals surface area contributed by atoms with Crippen LogP contribution in [0, 0.1) is 26.6 Å². The van der Waals surface area contributed by atoms with Gasteiger partial charge in [-0.2, -0.15) is 4.98 Å². The minimum atomic E-state index is -0.248. The van der Waals surface area contributed by atoms with Crippen molar-refractivity contribution in [1.29, 1.82) is 0 Å². The van der Waals surface area contributed by atoms with Gasteiger partial charge in [-0.1, -0.05) is 0 Å². The molecule has 0 saturated carbocycles. The lowest BCUT2D eigenvalue weighted by atomic mass is 10.0. The third-order valence-corrected chi connectivity index (χ3v) is 8.30. The number of benzene rings is 2. The summed E-state index contributed by atoms with van der Waals surface area (Å²) in [6.07, 6.45) is 3.56. The van der Waals surface area contributed by atoms with Crippen molar-refractivity contribution in [2.24, 2.45) is 0 Å². The SMILES string of the molecule is Cc1nc(C)c(CN(C)C2CCN(C(=O)c3ccc(Nc4nccc(Nc5ccc(F)c(C)c5)n4)cc3)CC2)s1. The van der Waals surface area contributed by atoms with Crippen LogP contribution in [0.15, 0.2) is 54.7 Å². The summed E-state index contributed by atoms with van der Waals surface area (Å²) in [5, 5.41) is 7.46. The number of rotatable bonds is 8. The highest BCUT2D eigenvalue weighted by Gasteiger charge is 2.26. The smallest absolute Gasteiger partial charge is 0.253 e. The van der Waals surface area contributed by atoms with Crippen LogP contribution in [0.1, 0.15) is 44.3 Å². The van der Waals surface area contributed by atoms with E-state index in [9.17, 15) is 9.18 Å². The summed E-state index contributed by atoms with van der Waals surface area (Å²) in [5.74, 6) is 0.806. The molecule has 10 heteroatoms. The van der Waals surface area contributed by atoms with Crippen LogP contribution >= 0.6 is 11.3 Å². The van der Waals surface area contributed by atoms with Crippen molar-refractivity contribution in [3.05, 3.63) is 87.3 Å². The van der Waals surface area contributed by atoms with Crippen LogP contribution < -0.4 is 10.6 Å². The molecule has 0 atom stereocenters. The van der Waals surface area contributed by atoms with Crippen LogP contribution in [0.4, 0.5) is 27.5 Å². The molecule has 8 nitrogen and oxygen atoms in total. The Morgan fingerprint density at radius 2 is 1.75 bits per heavy atom. The van der Waals surface area contributed by atoms with Crippen molar-refractivity contribution in [2.45, 2.75) is 46.2 Å². The Kier molecular flexibility index (Phi) is 8.37. The molecule has 0 radical (unpaired) electrons. The Labute approximate surface area is 238 Å². The zero-order chi connectivity index (χ0) is 28.2. The molecule has 0 unspecified atom stereocenters. The van der Waals surface area contributed by atoms with E-state index >= 15 is 0 Å². The van der Waals surface area contributed by atoms with E-state index in [0.717, 1.165) is 54.6 Å². The minimum Gasteiger partial charge on any atom is -0.340 e. The van der Waals surface area contributed by atoms with Crippen LogP contribution in [0.2, 0.25) is 0 Å². The number of piperidine rings is 1. The van der Waals surface area contributed by atoms with E-state index in [4.69, 9.17) is 0 Å². The van der Waals surface area contributed by atoms with Crippen LogP contribution in [-0.2, 0) is 6.54 Å². The first-order valence-electron chi connectivity index (χ1n) is 13.4. The van der Waals surface area contributed by atoms with Gasteiger partial charge in [-0.05, 0) is 94.8 Å². The van der Waals surface area contributed by atoms with Crippen molar-refractivity contribution in [3.8, 4) is 0 Å². The van der Waals surface area contributed by atoms with Crippen molar-refractivity contribution in [1.82, 2.24) is 24.8 Å². The number of anilines is 4. The molecule has 0 aliphatic carbocycles. The van der Waals surface area contributed by atoms with E-state index in [1.165, 1.54) is 10.9 Å². The Bertz CT molecular complexity index is 1480. The maximum absolute atomic E-state index is 13.6. The molecule has 1 amide bonds. The van der Waals surface area contributed by atoms with Crippen molar-refractivity contribution in [2.75, 3.05) is 30.8 Å². The Hall–Kier alpha value is -3.89. The highest BCUT2D eigenvalue weighted by molar-refractivity contribution is 7.11. The maximum atomic E-state index is 13.6. The summed E-state index contributed by atoms with van der Waals surface area (Å²) in [7, 11) is 2.17. The normalized spacial score (nSPS) is 14.0. The van der Waals surface area contributed by atoms with Gasteiger partial charge < -0.3 is 15.5 Å². The first-order valence-corrected chi connectivity index (χ1v) is 14.2. The number of carbonyl (C=O) groups excluding carboxylic acids is 1. The summed E-state index contributed by atoms with van der Waals surface area (Å²) in [4.78, 5) is 32.2. The lowest BCUT2D eigenvalue weighted by molar-refractivity contribution is 0.0640. The summed E-state index contributed by atoms with van der Waals surface area (Å²) < 4.78 is 13.6. The van der Waals surface area contributed by atoms with E-state index in [0.29, 0.717) is 28.9 Å². The molecule has 2 aromatic carbocycles. The molecule has 2 aromatic heterocycles. The quantitative estimate of drug-likeness (QED) is 0.265. The fourth-order valence-electron chi connectivity index (χ4n) is 4.95. The Morgan fingerprint density at radius 1 is 1.02 bits per heavy atom. The monoisotopic (exact) mass is 559 g/mol. The number of aryl methyl sites for hydroxylation is 3. The standard InChI is InChI=1S/C30H34FN7OS/c1-19-17-24(9-10-26(19)31)34-28-11-14-32-30(36-28)35-23-7-5-22(6-8-23)29(39)38-15-12-25(13-16-38)37(4)18-27-20(2)33-21(3)40-27/h5-11,14,17,25H,12-13,15-16,18H2,1-4H3,(H2,32,34,35,36). The molecule has 4 aromatic rings. The molecule has 2 N–H and O–H groups in total. The fraction of sp³-hybridized carbons (Fsp3) is 0.333. The molecule has 5 rings (SSSR count). The number of amides is 1. The van der Waals surface area contributed by atoms with Gasteiger partial charge in [0.05, 0.1) is 10.7 Å². The highest BCUT2D eigenvalue weighted by Crippen LogP contribution is 2.24. The number of hydrogen-bond acceptors (Lipinski definition) is 8. The van der Waals surface area contributed by atoms with E-state index in [1.54, 1.807) is 42.7 Å². The summed E-state index contributed by atoms with van der Waals surface area (Å²) >= 11 is 1.77. The van der Waals surface area contributed by atoms with Gasteiger partial charge in [0.15, 0.2) is 0 Å². The van der Waals surface area contributed by atoms with Crippen LogP contribution in [-0.4, -0.2) is 56.8 Å². The number of thiazole rings is 1. The number of nitrogens with zero attached hydrogens (tertiary/aromatic N) is 5.